The first-order valence-corrected chi connectivity index (χ1v) is 5.67. The predicted octanol–water partition coefficient (Wildman–Crippen LogP) is 1.43. The Kier molecular flexibility index (Phi) is 3.74. The highest BCUT2D eigenvalue weighted by Gasteiger charge is 2.23. The fourth-order valence-electron chi connectivity index (χ4n) is 1.99. The molecule has 92 valence electrons. The average molecular weight is 237 g/mol. The summed E-state index contributed by atoms with van der Waals surface area (Å²) in [6, 6.07) is 2.17. The number of aromatic nitrogens is 2. The summed E-state index contributed by atoms with van der Waals surface area (Å²) in [5.74, 6) is 0. The van der Waals surface area contributed by atoms with Crippen molar-refractivity contribution in [2.24, 2.45) is 0 Å². The monoisotopic (exact) mass is 237 g/mol. The molecule has 1 aromatic rings. The van der Waals surface area contributed by atoms with Crippen molar-refractivity contribution >= 4 is 6.09 Å². The van der Waals surface area contributed by atoms with E-state index >= 15 is 0 Å². The maximum absolute atomic E-state index is 10.5. The van der Waals surface area contributed by atoms with Gasteiger partial charge in [-0.25, -0.2) is 14.8 Å². The van der Waals surface area contributed by atoms with E-state index in [2.05, 4.69) is 15.3 Å². The van der Waals surface area contributed by atoms with Crippen LogP contribution in [0.4, 0.5) is 4.79 Å². The summed E-state index contributed by atoms with van der Waals surface area (Å²) < 4.78 is 5.61. The zero-order chi connectivity index (χ0) is 12.1. The Morgan fingerprint density at radius 2 is 1.94 bits per heavy atom. The number of rotatable bonds is 3. The third kappa shape index (κ3) is 3.58. The molecule has 1 fully saturated rings. The van der Waals surface area contributed by atoms with Crippen LogP contribution in [0.2, 0.25) is 0 Å². The minimum atomic E-state index is -0.958. The van der Waals surface area contributed by atoms with Crippen LogP contribution in [0.1, 0.15) is 25.7 Å². The van der Waals surface area contributed by atoms with Crippen molar-refractivity contribution in [3.63, 3.8) is 0 Å². The second kappa shape index (κ2) is 5.47. The summed E-state index contributed by atoms with van der Waals surface area (Å²) in [6.45, 7) is 0. The van der Waals surface area contributed by atoms with Crippen LogP contribution in [0, 0.1) is 0 Å². The first kappa shape index (κ1) is 11.6. The number of nitrogens with one attached hydrogen (secondary N) is 1. The minimum Gasteiger partial charge on any atom is -0.465 e. The number of carboxylic acid groups (broad SMARTS) is 1. The Hall–Kier alpha value is -1.85. The van der Waals surface area contributed by atoms with Crippen LogP contribution >= 0.6 is 0 Å². The summed E-state index contributed by atoms with van der Waals surface area (Å²) in [4.78, 5) is 18.5. The van der Waals surface area contributed by atoms with Crippen molar-refractivity contribution in [2.75, 3.05) is 0 Å². The molecule has 6 nitrogen and oxygen atoms in total. The molecule has 0 aromatic carbocycles. The minimum absolute atomic E-state index is 0.0454. The van der Waals surface area contributed by atoms with Gasteiger partial charge in [-0.2, -0.15) is 0 Å². The highest BCUT2D eigenvalue weighted by molar-refractivity contribution is 5.64. The van der Waals surface area contributed by atoms with Gasteiger partial charge < -0.3 is 15.2 Å². The van der Waals surface area contributed by atoms with Gasteiger partial charge >= 0.3 is 12.1 Å². The van der Waals surface area contributed by atoms with Crippen LogP contribution in [0.15, 0.2) is 18.5 Å². The molecular formula is C11H15N3O3. The van der Waals surface area contributed by atoms with Crippen molar-refractivity contribution < 1.29 is 14.6 Å². The molecule has 1 heterocycles. The van der Waals surface area contributed by atoms with Crippen molar-refractivity contribution in [3.8, 4) is 6.01 Å². The van der Waals surface area contributed by atoms with Gasteiger partial charge in [0.2, 0.25) is 0 Å². The van der Waals surface area contributed by atoms with E-state index < -0.39 is 6.09 Å². The van der Waals surface area contributed by atoms with Gasteiger partial charge in [-0.15, -0.1) is 0 Å². The van der Waals surface area contributed by atoms with Crippen molar-refractivity contribution in [1.29, 1.82) is 0 Å². The molecule has 0 saturated heterocycles. The molecule has 0 unspecified atom stereocenters. The third-order valence-electron chi connectivity index (χ3n) is 2.82. The van der Waals surface area contributed by atoms with E-state index in [1.807, 2.05) is 0 Å². The normalized spacial score (nSPS) is 24.0. The zero-order valence-corrected chi connectivity index (χ0v) is 9.37. The lowest BCUT2D eigenvalue weighted by Crippen LogP contribution is -2.39. The molecule has 1 aliphatic rings. The lowest BCUT2D eigenvalue weighted by Gasteiger charge is -2.27. The molecule has 17 heavy (non-hydrogen) atoms. The second-order valence-electron chi connectivity index (χ2n) is 4.07. The smallest absolute Gasteiger partial charge is 0.404 e. The Morgan fingerprint density at radius 3 is 2.53 bits per heavy atom. The van der Waals surface area contributed by atoms with E-state index in [9.17, 15) is 4.79 Å². The molecule has 0 radical (unpaired) electrons. The number of amides is 1. The lowest BCUT2D eigenvalue weighted by atomic mass is 9.93. The van der Waals surface area contributed by atoms with Gasteiger partial charge in [0, 0.05) is 18.4 Å². The molecular weight excluding hydrogens is 222 g/mol. The lowest BCUT2D eigenvalue weighted by molar-refractivity contribution is 0.124. The number of hydrogen-bond donors (Lipinski definition) is 2. The summed E-state index contributed by atoms with van der Waals surface area (Å²) in [6.07, 6.45) is 5.64. The Morgan fingerprint density at radius 1 is 1.29 bits per heavy atom. The van der Waals surface area contributed by atoms with Gasteiger partial charge in [0.05, 0.1) is 0 Å². The Bertz CT molecular complexity index is 363. The van der Waals surface area contributed by atoms with Crippen LogP contribution in [-0.2, 0) is 0 Å². The molecule has 1 aliphatic carbocycles. The van der Waals surface area contributed by atoms with Crippen LogP contribution < -0.4 is 10.1 Å². The number of ether oxygens (including phenoxy) is 1. The zero-order valence-electron chi connectivity index (χ0n) is 9.37. The first-order chi connectivity index (χ1) is 8.24. The number of nitrogens with zero attached hydrogens (tertiary/aromatic N) is 2. The summed E-state index contributed by atoms with van der Waals surface area (Å²) >= 11 is 0. The van der Waals surface area contributed by atoms with E-state index in [0.29, 0.717) is 6.01 Å². The molecule has 1 amide bonds. The molecule has 0 atom stereocenters. The van der Waals surface area contributed by atoms with E-state index in [4.69, 9.17) is 9.84 Å². The van der Waals surface area contributed by atoms with Crippen molar-refractivity contribution in [2.45, 2.75) is 37.8 Å². The van der Waals surface area contributed by atoms with Crippen LogP contribution in [0.5, 0.6) is 6.01 Å². The van der Waals surface area contributed by atoms with E-state index in [1.165, 1.54) is 0 Å². The second-order valence-corrected chi connectivity index (χ2v) is 4.07. The largest absolute Gasteiger partial charge is 0.465 e. The van der Waals surface area contributed by atoms with Gasteiger partial charge in [-0.3, -0.25) is 0 Å². The van der Waals surface area contributed by atoms with Crippen LogP contribution in [-0.4, -0.2) is 33.3 Å². The Balaban J connectivity index is 1.78. The first-order valence-electron chi connectivity index (χ1n) is 5.67. The molecule has 0 aliphatic heterocycles. The highest BCUT2D eigenvalue weighted by atomic mass is 16.5. The van der Waals surface area contributed by atoms with E-state index in [0.717, 1.165) is 25.7 Å². The Labute approximate surface area is 99.0 Å². The van der Waals surface area contributed by atoms with Gasteiger partial charge in [0.15, 0.2) is 0 Å². The van der Waals surface area contributed by atoms with Crippen LogP contribution in [0.3, 0.4) is 0 Å². The van der Waals surface area contributed by atoms with Crippen LogP contribution in [0.25, 0.3) is 0 Å². The average Bonchev–Trinajstić information content (AvgIpc) is 2.32. The van der Waals surface area contributed by atoms with Gasteiger partial charge in [-0.1, -0.05) is 0 Å². The highest BCUT2D eigenvalue weighted by Crippen LogP contribution is 2.21. The molecule has 0 bridgehead atoms. The van der Waals surface area contributed by atoms with Gasteiger partial charge in [-0.05, 0) is 31.7 Å². The maximum atomic E-state index is 10.5. The van der Waals surface area contributed by atoms with Crippen molar-refractivity contribution in [1.82, 2.24) is 15.3 Å². The quantitative estimate of drug-likeness (QED) is 0.830. The van der Waals surface area contributed by atoms with Crippen molar-refractivity contribution in [3.05, 3.63) is 18.5 Å². The molecule has 2 N–H and O–H groups in total. The summed E-state index contributed by atoms with van der Waals surface area (Å²) in [5.41, 5.74) is 0. The number of carbonyl (C=O) groups is 1. The summed E-state index contributed by atoms with van der Waals surface area (Å²) in [7, 11) is 0. The number of hydrogen-bond acceptors (Lipinski definition) is 4. The third-order valence-corrected chi connectivity index (χ3v) is 2.82. The predicted molar refractivity (Wildman–Crippen MR) is 59.9 cm³/mol. The summed E-state index contributed by atoms with van der Waals surface area (Å²) in [5, 5.41) is 11.1. The fraction of sp³-hybridized carbons (Fsp3) is 0.545. The van der Waals surface area contributed by atoms with E-state index in [-0.39, 0.29) is 12.1 Å². The van der Waals surface area contributed by atoms with Gasteiger partial charge in [0.25, 0.3) is 0 Å². The molecule has 1 saturated carbocycles. The van der Waals surface area contributed by atoms with Gasteiger partial charge in [0.1, 0.15) is 6.10 Å². The fourth-order valence-corrected chi connectivity index (χ4v) is 1.99. The topological polar surface area (TPSA) is 84.3 Å². The molecule has 2 rings (SSSR count). The SMILES string of the molecule is O=C(O)NC1CCC(Oc2ncccn2)CC1. The standard InChI is InChI=1S/C11H15N3O3/c15-11(16)14-8-2-4-9(5-3-8)17-10-12-6-1-7-13-10/h1,6-9,14H,2-5H2,(H,15,16). The molecule has 1 aromatic heterocycles. The van der Waals surface area contributed by atoms with E-state index in [1.54, 1.807) is 18.5 Å². The molecule has 6 heteroatoms. The molecule has 0 spiro atoms. The maximum Gasteiger partial charge on any atom is 0.404 e.